The van der Waals surface area contributed by atoms with Crippen LogP contribution >= 0.6 is 0 Å². The predicted octanol–water partition coefficient (Wildman–Crippen LogP) is 2.69. The van der Waals surface area contributed by atoms with Crippen LogP contribution in [0.3, 0.4) is 0 Å². The Morgan fingerprint density at radius 2 is 1.89 bits per heavy atom. The lowest BCUT2D eigenvalue weighted by Gasteiger charge is -2.38. The molecule has 2 atom stereocenters. The van der Waals surface area contributed by atoms with Crippen LogP contribution < -0.4 is 5.32 Å². The largest absolute Gasteiger partial charge is 0.319 e. The molecule has 0 radical (unpaired) electrons. The van der Waals surface area contributed by atoms with E-state index in [1.54, 1.807) is 0 Å². The van der Waals surface area contributed by atoms with E-state index in [1.807, 2.05) is 18.2 Å². The van der Waals surface area contributed by atoms with Gasteiger partial charge in [-0.2, -0.15) is 0 Å². The molecule has 19 heavy (non-hydrogen) atoms. The number of rotatable bonds is 3. The van der Waals surface area contributed by atoms with E-state index in [4.69, 9.17) is 0 Å². The van der Waals surface area contributed by atoms with E-state index in [0.717, 1.165) is 12.8 Å². The third-order valence-corrected chi connectivity index (χ3v) is 4.39. The van der Waals surface area contributed by atoms with Gasteiger partial charge in [-0.05, 0) is 30.7 Å². The molecular weight excluding hydrogens is 236 g/mol. The second-order valence-electron chi connectivity index (χ2n) is 6.03. The van der Waals surface area contributed by atoms with E-state index in [9.17, 15) is 4.79 Å². The van der Waals surface area contributed by atoms with Gasteiger partial charge < -0.3 is 4.90 Å². The van der Waals surface area contributed by atoms with Crippen LogP contribution in [0.15, 0.2) is 30.3 Å². The van der Waals surface area contributed by atoms with Crippen LogP contribution in [0.4, 0.5) is 0 Å². The highest BCUT2D eigenvalue weighted by atomic mass is 16.2. The van der Waals surface area contributed by atoms with Gasteiger partial charge in [-0.1, -0.05) is 44.2 Å². The van der Waals surface area contributed by atoms with Gasteiger partial charge in [0.2, 0.25) is 5.91 Å². The van der Waals surface area contributed by atoms with Gasteiger partial charge in [0, 0.05) is 6.04 Å². The maximum absolute atomic E-state index is 12.6. The molecule has 0 bridgehead atoms. The monoisotopic (exact) mass is 258 g/mol. The van der Waals surface area contributed by atoms with Crippen molar-refractivity contribution in [1.29, 1.82) is 0 Å². The van der Waals surface area contributed by atoms with Crippen molar-refractivity contribution in [3.05, 3.63) is 35.9 Å². The molecule has 0 aromatic heterocycles. The minimum atomic E-state index is -0.0363. The zero-order valence-electron chi connectivity index (χ0n) is 11.7. The Kier molecular flexibility index (Phi) is 3.31. The van der Waals surface area contributed by atoms with Crippen LogP contribution in [0.1, 0.15) is 44.8 Å². The molecule has 2 fully saturated rings. The minimum Gasteiger partial charge on any atom is -0.319 e. The average Bonchev–Trinajstić information content (AvgIpc) is 2.67. The first kappa shape index (κ1) is 12.7. The van der Waals surface area contributed by atoms with Crippen molar-refractivity contribution < 1.29 is 4.79 Å². The molecular formula is C16H22N2O. The second kappa shape index (κ2) is 4.97. The van der Waals surface area contributed by atoms with Crippen molar-refractivity contribution in [2.24, 2.45) is 5.92 Å². The van der Waals surface area contributed by atoms with Crippen LogP contribution in [-0.2, 0) is 4.79 Å². The first-order valence-corrected chi connectivity index (χ1v) is 7.31. The zero-order valence-corrected chi connectivity index (χ0v) is 11.7. The van der Waals surface area contributed by atoms with Gasteiger partial charge in [-0.3, -0.25) is 10.1 Å². The summed E-state index contributed by atoms with van der Waals surface area (Å²) in [6.45, 7) is 4.23. The Hall–Kier alpha value is -1.35. The standard InChI is InChI=1S/C16H22N2O/c1-11(2)14-16(19)18(13-9-6-10-13)15(17-14)12-7-4-3-5-8-12/h3-5,7-8,11,13-15,17H,6,9-10H2,1-2H3. The molecule has 1 N–H and O–H groups in total. The van der Waals surface area contributed by atoms with Crippen LogP contribution in [0.5, 0.6) is 0 Å². The average molecular weight is 258 g/mol. The zero-order chi connectivity index (χ0) is 13.4. The highest BCUT2D eigenvalue weighted by Crippen LogP contribution is 2.36. The number of nitrogens with one attached hydrogen (secondary N) is 1. The van der Waals surface area contributed by atoms with Crippen molar-refractivity contribution in [1.82, 2.24) is 10.2 Å². The Morgan fingerprint density at radius 1 is 1.21 bits per heavy atom. The fourth-order valence-electron chi connectivity index (χ4n) is 3.03. The summed E-state index contributed by atoms with van der Waals surface area (Å²) < 4.78 is 0. The maximum Gasteiger partial charge on any atom is 0.241 e. The molecule has 102 valence electrons. The molecule has 1 aromatic rings. The number of hydrogen-bond acceptors (Lipinski definition) is 2. The van der Waals surface area contributed by atoms with Gasteiger partial charge in [0.1, 0.15) is 6.17 Å². The maximum atomic E-state index is 12.6. The van der Waals surface area contributed by atoms with Crippen LogP contribution in [0.2, 0.25) is 0 Å². The highest BCUT2D eigenvalue weighted by Gasteiger charge is 2.45. The number of hydrogen-bond donors (Lipinski definition) is 1. The van der Waals surface area contributed by atoms with Crippen molar-refractivity contribution in [2.45, 2.75) is 51.4 Å². The van der Waals surface area contributed by atoms with Crippen molar-refractivity contribution in [2.75, 3.05) is 0 Å². The normalized spacial score (nSPS) is 27.9. The summed E-state index contributed by atoms with van der Waals surface area (Å²) in [5.41, 5.74) is 1.20. The summed E-state index contributed by atoms with van der Waals surface area (Å²) in [5, 5.41) is 3.53. The lowest BCUT2D eigenvalue weighted by Crippen LogP contribution is -2.44. The Morgan fingerprint density at radius 3 is 2.42 bits per heavy atom. The van der Waals surface area contributed by atoms with Crippen molar-refractivity contribution >= 4 is 5.91 Å². The molecule has 3 nitrogen and oxygen atoms in total. The van der Waals surface area contributed by atoms with Crippen LogP contribution in [0.25, 0.3) is 0 Å². The SMILES string of the molecule is CC(C)C1NC(c2ccccc2)N(C2CCC2)C1=O. The summed E-state index contributed by atoms with van der Waals surface area (Å²) >= 11 is 0. The summed E-state index contributed by atoms with van der Waals surface area (Å²) in [6, 6.07) is 10.7. The molecule has 1 aromatic carbocycles. The number of amides is 1. The van der Waals surface area contributed by atoms with E-state index >= 15 is 0 Å². The third kappa shape index (κ3) is 2.16. The number of benzene rings is 1. The van der Waals surface area contributed by atoms with Gasteiger partial charge in [0.25, 0.3) is 0 Å². The molecule has 1 amide bonds. The van der Waals surface area contributed by atoms with Crippen LogP contribution in [0, 0.1) is 5.92 Å². The van der Waals surface area contributed by atoms with Gasteiger partial charge in [0.05, 0.1) is 6.04 Å². The topological polar surface area (TPSA) is 32.3 Å². The summed E-state index contributed by atoms with van der Waals surface area (Å²) in [6.07, 6.45) is 3.62. The first-order valence-electron chi connectivity index (χ1n) is 7.31. The Balaban J connectivity index is 1.90. The van der Waals surface area contributed by atoms with Crippen molar-refractivity contribution in [3.8, 4) is 0 Å². The Bertz CT molecular complexity index is 453. The predicted molar refractivity (Wildman–Crippen MR) is 75.4 cm³/mol. The fourth-order valence-corrected chi connectivity index (χ4v) is 3.03. The number of nitrogens with zero attached hydrogens (tertiary/aromatic N) is 1. The second-order valence-corrected chi connectivity index (χ2v) is 6.03. The van der Waals surface area contributed by atoms with Gasteiger partial charge in [0.15, 0.2) is 0 Å². The van der Waals surface area contributed by atoms with Crippen molar-refractivity contribution in [3.63, 3.8) is 0 Å². The quantitative estimate of drug-likeness (QED) is 0.904. The smallest absolute Gasteiger partial charge is 0.241 e. The number of carbonyl (C=O) groups excluding carboxylic acids is 1. The lowest BCUT2D eigenvalue weighted by molar-refractivity contribution is -0.134. The lowest BCUT2D eigenvalue weighted by atomic mass is 9.90. The third-order valence-electron chi connectivity index (χ3n) is 4.39. The molecule has 1 aliphatic heterocycles. The van der Waals surface area contributed by atoms with E-state index in [0.29, 0.717) is 12.0 Å². The Labute approximate surface area is 115 Å². The summed E-state index contributed by atoms with van der Waals surface area (Å²) in [5.74, 6) is 0.623. The molecule has 2 unspecified atom stereocenters. The molecule has 1 saturated heterocycles. The first-order chi connectivity index (χ1) is 9.18. The molecule has 3 heteroatoms. The summed E-state index contributed by atoms with van der Waals surface area (Å²) in [7, 11) is 0. The highest BCUT2D eigenvalue weighted by molar-refractivity contribution is 5.85. The van der Waals surface area contributed by atoms with Gasteiger partial charge in [-0.25, -0.2) is 0 Å². The molecule has 2 aliphatic rings. The molecule has 0 spiro atoms. The molecule has 1 aliphatic carbocycles. The van der Waals surface area contributed by atoms with E-state index in [1.165, 1.54) is 12.0 Å². The number of carbonyl (C=O) groups is 1. The van der Waals surface area contributed by atoms with E-state index in [2.05, 4.69) is 36.2 Å². The fraction of sp³-hybridized carbons (Fsp3) is 0.562. The molecule has 3 rings (SSSR count). The molecule has 1 heterocycles. The summed E-state index contributed by atoms with van der Waals surface area (Å²) in [4.78, 5) is 14.7. The van der Waals surface area contributed by atoms with E-state index < -0.39 is 0 Å². The van der Waals surface area contributed by atoms with Crippen LogP contribution in [-0.4, -0.2) is 22.9 Å². The van der Waals surface area contributed by atoms with Gasteiger partial charge in [-0.15, -0.1) is 0 Å². The van der Waals surface area contributed by atoms with Gasteiger partial charge >= 0.3 is 0 Å². The molecule has 1 saturated carbocycles. The van der Waals surface area contributed by atoms with E-state index in [-0.39, 0.29) is 18.1 Å². The minimum absolute atomic E-state index is 0.0363.